The van der Waals surface area contributed by atoms with Crippen molar-refractivity contribution in [2.24, 2.45) is 0 Å². The maximum Gasteiger partial charge on any atom is 0.159 e. The third kappa shape index (κ3) is 3.18. The van der Waals surface area contributed by atoms with Gasteiger partial charge in [-0.25, -0.2) is 8.42 Å². The first kappa shape index (κ1) is 11.4. The highest BCUT2D eigenvalue weighted by atomic mass is 32.2. The zero-order valence-electron chi connectivity index (χ0n) is 8.67. The molecule has 0 amide bonds. The van der Waals surface area contributed by atoms with E-state index in [1.807, 2.05) is 47.8 Å². The smallest absolute Gasteiger partial charge is 0.159 e. The summed E-state index contributed by atoms with van der Waals surface area (Å²) < 4.78 is 23.7. The number of thiophene rings is 1. The lowest BCUT2D eigenvalue weighted by Gasteiger charge is -2.02. The Morgan fingerprint density at radius 1 is 0.938 bits per heavy atom. The molecule has 1 aromatic carbocycles. The van der Waals surface area contributed by atoms with Crippen molar-refractivity contribution in [3.8, 4) is 0 Å². The minimum atomic E-state index is -3.05. The van der Waals surface area contributed by atoms with Gasteiger partial charge < -0.3 is 0 Å². The van der Waals surface area contributed by atoms with Crippen molar-refractivity contribution in [2.75, 3.05) is 0 Å². The highest BCUT2D eigenvalue weighted by molar-refractivity contribution is 7.90. The molecule has 0 saturated carbocycles. The van der Waals surface area contributed by atoms with Crippen LogP contribution in [0.25, 0.3) is 0 Å². The molecule has 0 spiro atoms. The quantitative estimate of drug-likeness (QED) is 0.838. The van der Waals surface area contributed by atoms with Gasteiger partial charge in [0.15, 0.2) is 9.84 Å². The van der Waals surface area contributed by atoms with Crippen LogP contribution in [0.4, 0.5) is 0 Å². The zero-order valence-corrected chi connectivity index (χ0v) is 10.3. The van der Waals surface area contributed by atoms with Crippen molar-refractivity contribution in [3.63, 3.8) is 0 Å². The average molecular weight is 252 g/mol. The summed E-state index contributed by atoms with van der Waals surface area (Å²) in [4.78, 5) is 0.899. The number of sulfone groups is 1. The van der Waals surface area contributed by atoms with E-state index in [4.69, 9.17) is 0 Å². The zero-order chi connectivity index (χ0) is 11.4. The maximum absolute atomic E-state index is 11.9. The third-order valence-corrected chi connectivity index (χ3v) is 4.75. The maximum atomic E-state index is 11.9. The van der Waals surface area contributed by atoms with Crippen molar-refractivity contribution >= 4 is 21.2 Å². The molecule has 84 valence electrons. The Morgan fingerprint density at radius 3 is 2.31 bits per heavy atom. The van der Waals surface area contributed by atoms with E-state index in [1.165, 1.54) is 11.3 Å². The topological polar surface area (TPSA) is 34.1 Å². The molecule has 2 aromatic rings. The Morgan fingerprint density at radius 2 is 1.69 bits per heavy atom. The van der Waals surface area contributed by atoms with Crippen molar-refractivity contribution in [1.82, 2.24) is 0 Å². The van der Waals surface area contributed by atoms with Crippen LogP contribution in [0, 0.1) is 0 Å². The molecule has 0 aliphatic heterocycles. The van der Waals surface area contributed by atoms with E-state index < -0.39 is 9.84 Å². The fraction of sp³-hybridized carbons (Fsp3) is 0.167. The van der Waals surface area contributed by atoms with Gasteiger partial charge in [-0.1, -0.05) is 36.4 Å². The summed E-state index contributed by atoms with van der Waals surface area (Å²) in [5, 5.41) is 1.90. The van der Waals surface area contributed by atoms with Crippen LogP contribution in [0.1, 0.15) is 10.4 Å². The van der Waals surface area contributed by atoms with E-state index >= 15 is 0 Å². The molecule has 1 heterocycles. The number of hydrogen-bond donors (Lipinski definition) is 0. The van der Waals surface area contributed by atoms with Crippen LogP contribution in [-0.2, 0) is 21.3 Å². The molecule has 2 rings (SSSR count). The van der Waals surface area contributed by atoms with Gasteiger partial charge in [-0.3, -0.25) is 0 Å². The Balaban J connectivity index is 2.09. The van der Waals surface area contributed by atoms with Gasteiger partial charge in [-0.05, 0) is 17.0 Å². The summed E-state index contributed by atoms with van der Waals surface area (Å²) >= 11 is 1.48. The molecule has 0 saturated heterocycles. The largest absolute Gasteiger partial charge is 0.228 e. The summed E-state index contributed by atoms with van der Waals surface area (Å²) in [5.41, 5.74) is 0.846. The molecule has 0 fully saturated rings. The normalized spacial score (nSPS) is 11.5. The summed E-state index contributed by atoms with van der Waals surface area (Å²) in [6.45, 7) is 0. The van der Waals surface area contributed by atoms with Crippen LogP contribution in [-0.4, -0.2) is 8.42 Å². The Hall–Kier alpha value is -1.13. The van der Waals surface area contributed by atoms with Gasteiger partial charge in [0, 0.05) is 4.88 Å². The lowest BCUT2D eigenvalue weighted by atomic mass is 10.2. The third-order valence-electron chi connectivity index (χ3n) is 2.17. The molecule has 0 unspecified atom stereocenters. The second kappa shape index (κ2) is 4.80. The van der Waals surface area contributed by atoms with Gasteiger partial charge in [0.1, 0.15) is 0 Å². The first-order valence-electron chi connectivity index (χ1n) is 4.92. The second-order valence-corrected chi connectivity index (χ2v) is 6.69. The highest BCUT2D eigenvalue weighted by Crippen LogP contribution is 2.16. The number of hydrogen-bond acceptors (Lipinski definition) is 3. The van der Waals surface area contributed by atoms with Gasteiger partial charge in [0.25, 0.3) is 0 Å². The number of rotatable bonds is 4. The monoisotopic (exact) mass is 252 g/mol. The van der Waals surface area contributed by atoms with Gasteiger partial charge in [-0.2, -0.15) is 0 Å². The number of benzene rings is 1. The van der Waals surface area contributed by atoms with Gasteiger partial charge in [-0.15, -0.1) is 11.3 Å². The molecule has 2 nitrogen and oxygen atoms in total. The lowest BCUT2D eigenvalue weighted by Crippen LogP contribution is -2.06. The Labute approximate surface area is 99.5 Å². The lowest BCUT2D eigenvalue weighted by molar-refractivity contribution is 0.595. The molecule has 0 radical (unpaired) electrons. The average Bonchev–Trinajstić information content (AvgIpc) is 2.70. The standard InChI is InChI=1S/C12H12O2S2/c13-16(14,10-12-7-4-8-15-12)9-11-5-2-1-3-6-11/h1-8H,9-10H2. The fourth-order valence-electron chi connectivity index (χ4n) is 1.49. The predicted molar refractivity (Wildman–Crippen MR) is 67.1 cm³/mol. The van der Waals surface area contributed by atoms with Crippen molar-refractivity contribution in [1.29, 1.82) is 0 Å². The molecule has 0 aliphatic carbocycles. The first-order valence-corrected chi connectivity index (χ1v) is 7.62. The molecule has 16 heavy (non-hydrogen) atoms. The second-order valence-electron chi connectivity index (χ2n) is 3.60. The van der Waals surface area contributed by atoms with Crippen LogP contribution < -0.4 is 0 Å². The van der Waals surface area contributed by atoms with Gasteiger partial charge >= 0.3 is 0 Å². The van der Waals surface area contributed by atoms with E-state index in [-0.39, 0.29) is 11.5 Å². The summed E-state index contributed by atoms with van der Waals surface area (Å²) in [6, 6.07) is 13.0. The van der Waals surface area contributed by atoms with Crippen LogP contribution in [0.2, 0.25) is 0 Å². The minimum Gasteiger partial charge on any atom is -0.228 e. The van der Waals surface area contributed by atoms with Crippen LogP contribution in [0.5, 0.6) is 0 Å². The van der Waals surface area contributed by atoms with E-state index in [2.05, 4.69) is 0 Å². The van der Waals surface area contributed by atoms with E-state index in [1.54, 1.807) is 0 Å². The molecule has 0 aliphatic rings. The Bertz CT molecular complexity index is 528. The van der Waals surface area contributed by atoms with Crippen molar-refractivity contribution in [3.05, 3.63) is 58.3 Å². The van der Waals surface area contributed by atoms with Crippen molar-refractivity contribution in [2.45, 2.75) is 11.5 Å². The molecule has 0 N–H and O–H groups in total. The molecule has 0 atom stereocenters. The highest BCUT2D eigenvalue weighted by Gasteiger charge is 2.13. The van der Waals surface area contributed by atoms with E-state index in [0.29, 0.717) is 0 Å². The molecule has 1 aromatic heterocycles. The van der Waals surface area contributed by atoms with Crippen LogP contribution in [0.3, 0.4) is 0 Å². The van der Waals surface area contributed by atoms with Crippen LogP contribution in [0.15, 0.2) is 47.8 Å². The minimum absolute atomic E-state index is 0.117. The van der Waals surface area contributed by atoms with E-state index in [0.717, 1.165) is 10.4 Å². The summed E-state index contributed by atoms with van der Waals surface area (Å²) in [5.74, 6) is 0.255. The van der Waals surface area contributed by atoms with Gasteiger partial charge in [0.2, 0.25) is 0 Å². The Kier molecular flexibility index (Phi) is 3.41. The van der Waals surface area contributed by atoms with Gasteiger partial charge in [0.05, 0.1) is 11.5 Å². The van der Waals surface area contributed by atoms with E-state index in [9.17, 15) is 8.42 Å². The molecular formula is C12H12O2S2. The molecule has 4 heteroatoms. The SMILES string of the molecule is O=S(=O)(Cc1ccccc1)Cc1cccs1. The molecular weight excluding hydrogens is 240 g/mol. The summed E-state index contributed by atoms with van der Waals surface area (Å²) in [6.07, 6.45) is 0. The van der Waals surface area contributed by atoms with Crippen molar-refractivity contribution < 1.29 is 8.42 Å². The molecule has 0 bridgehead atoms. The van der Waals surface area contributed by atoms with Crippen LogP contribution >= 0.6 is 11.3 Å². The first-order chi connectivity index (χ1) is 7.66. The fourth-order valence-corrected chi connectivity index (χ4v) is 4.12. The summed E-state index contributed by atoms with van der Waals surface area (Å²) in [7, 11) is -3.05. The predicted octanol–water partition coefficient (Wildman–Crippen LogP) is 2.86.